The highest BCUT2D eigenvalue weighted by Crippen LogP contribution is 2.17. The molecule has 0 aliphatic carbocycles. The summed E-state index contributed by atoms with van der Waals surface area (Å²) in [4.78, 5) is 28.3. The van der Waals surface area contributed by atoms with Gasteiger partial charge in [-0.1, -0.05) is 6.07 Å². The van der Waals surface area contributed by atoms with Crippen LogP contribution < -0.4 is 5.32 Å². The molecule has 1 amide bonds. The topological polar surface area (TPSA) is 97.0 Å². The molecule has 2 N–H and O–H groups in total. The molecule has 0 radical (unpaired) electrons. The van der Waals surface area contributed by atoms with Gasteiger partial charge in [0.05, 0.1) is 18.3 Å². The van der Waals surface area contributed by atoms with Gasteiger partial charge in [0.2, 0.25) is 0 Å². The number of esters is 1. The SMILES string of the molecule is CCOC(=O)c1cn[nH]c1NC(=O)c1ccc2ncccc2c1. The molecule has 3 rings (SSSR count). The van der Waals surface area contributed by atoms with Crippen molar-refractivity contribution in [2.75, 3.05) is 11.9 Å². The third kappa shape index (κ3) is 3.03. The molecule has 1 aromatic carbocycles. The summed E-state index contributed by atoms with van der Waals surface area (Å²) < 4.78 is 4.91. The number of nitrogens with one attached hydrogen (secondary N) is 2. The van der Waals surface area contributed by atoms with Crippen molar-refractivity contribution in [3.8, 4) is 0 Å². The number of carbonyl (C=O) groups excluding carboxylic acids is 2. The Morgan fingerprint density at radius 3 is 3.00 bits per heavy atom. The molecule has 0 saturated heterocycles. The van der Waals surface area contributed by atoms with Crippen LogP contribution in [0.1, 0.15) is 27.6 Å². The highest BCUT2D eigenvalue weighted by Gasteiger charge is 2.17. The first-order valence-electron chi connectivity index (χ1n) is 7.05. The lowest BCUT2D eigenvalue weighted by Crippen LogP contribution is -2.15. The third-order valence-corrected chi connectivity index (χ3v) is 3.24. The van der Waals surface area contributed by atoms with E-state index in [1.807, 2.05) is 6.07 Å². The van der Waals surface area contributed by atoms with Gasteiger partial charge in [-0.25, -0.2) is 4.79 Å². The van der Waals surface area contributed by atoms with Gasteiger partial charge in [-0.3, -0.25) is 14.9 Å². The van der Waals surface area contributed by atoms with Gasteiger partial charge in [-0.15, -0.1) is 0 Å². The fourth-order valence-electron chi connectivity index (χ4n) is 2.15. The number of aromatic amines is 1. The van der Waals surface area contributed by atoms with Crippen LogP contribution in [0.4, 0.5) is 5.82 Å². The lowest BCUT2D eigenvalue weighted by atomic mass is 10.1. The van der Waals surface area contributed by atoms with Crippen molar-refractivity contribution >= 4 is 28.6 Å². The summed E-state index contributed by atoms with van der Waals surface area (Å²) in [6.45, 7) is 1.95. The Morgan fingerprint density at radius 1 is 1.30 bits per heavy atom. The summed E-state index contributed by atoms with van der Waals surface area (Å²) >= 11 is 0. The molecule has 0 bridgehead atoms. The van der Waals surface area contributed by atoms with Crippen LogP contribution in [-0.2, 0) is 4.74 Å². The fourth-order valence-corrected chi connectivity index (χ4v) is 2.15. The smallest absolute Gasteiger partial charge is 0.343 e. The molecule has 23 heavy (non-hydrogen) atoms. The van der Waals surface area contributed by atoms with Gasteiger partial charge in [-0.2, -0.15) is 5.10 Å². The summed E-state index contributed by atoms with van der Waals surface area (Å²) in [6, 6.07) is 8.85. The van der Waals surface area contributed by atoms with Crippen molar-refractivity contribution in [2.45, 2.75) is 6.92 Å². The van der Waals surface area contributed by atoms with Gasteiger partial charge in [-0.05, 0) is 31.2 Å². The molecule has 7 heteroatoms. The predicted molar refractivity (Wildman–Crippen MR) is 84.2 cm³/mol. The summed E-state index contributed by atoms with van der Waals surface area (Å²) in [6.07, 6.45) is 3.01. The van der Waals surface area contributed by atoms with Crippen molar-refractivity contribution in [3.05, 3.63) is 53.9 Å². The van der Waals surface area contributed by atoms with E-state index in [4.69, 9.17) is 4.74 Å². The Bertz CT molecular complexity index is 872. The second-order valence-corrected chi connectivity index (χ2v) is 4.74. The van der Waals surface area contributed by atoms with Gasteiger partial charge < -0.3 is 10.1 Å². The maximum absolute atomic E-state index is 12.4. The maximum atomic E-state index is 12.4. The molecule has 7 nitrogen and oxygen atoms in total. The number of carbonyl (C=O) groups is 2. The molecule has 0 spiro atoms. The van der Waals surface area contributed by atoms with Crippen molar-refractivity contribution < 1.29 is 14.3 Å². The minimum Gasteiger partial charge on any atom is -0.462 e. The monoisotopic (exact) mass is 310 g/mol. The van der Waals surface area contributed by atoms with Crippen LogP contribution in [0.2, 0.25) is 0 Å². The largest absolute Gasteiger partial charge is 0.462 e. The molecule has 3 aromatic rings. The average molecular weight is 310 g/mol. The standard InChI is InChI=1S/C16H14N4O3/c1-2-23-16(22)12-9-18-20-14(12)19-15(21)11-5-6-13-10(8-11)4-3-7-17-13/h3-9H,2H2,1H3,(H2,18,19,20,21). The lowest BCUT2D eigenvalue weighted by Gasteiger charge is -2.06. The molecule has 0 fully saturated rings. The number of rotatable bonds is 4. The van der Waals surface area contributed by atoms with Crippen molar-refractivity contribution in [1.82, 2.24) is 15.2 Å². The minimum absolute atomic E-state index is 0.183. The summed E-state index contributed by atoms with van der Waals surface area (Å²) in [5.41, 5.74) is 1.44. The molecule has 116 valence electrons. The quantitative estimate of drug-likeness (QED) is 0.721. The average Bonchev–Trinajstić information content (AvgIpc) is 3.03. The Kier molecular flexibility index (Phi) is 4.01. The van der Waals surface area contributed by atoms with E-state index in [-0.39, 0.29) is 23.9 Å². The van der Waals surface area contributed by atoms with Crippen molar-refractivity contribution in [2.24, 2.45) is 0 Å². The van der Waals surface area contributed by atoms with Gasteiger partial charge >= 0.3 is 5.97 Å². The van der Waals surface area contributed by atoms with Gasteiger partial charge in [0, 0.05) is 17.1 Å². The molecular weight excluding hydrogens is 296 g/mol. The fraction of sp³-hybridized carbons (Fsp3) is 0.125. The Morgan fingerprint density at radius 2 is 2.17 bits per heavy atom. The van der Waals surface area contributed by atoms with E-state index in [9.17, 15) is 9.59 Å². The van der Waals surface area contributed by atoms with Gasteiger partial charge in [0.25, 0.3) is 5.91 Å². The number of nitrogens with zero attached hydrogens (tertiary/aromatic N) is 2. The molecule has 0 aliphatic rings. The normalized spacial score (nSPS) is 10.5. The van der Waals surface area contributed by atoms with Crippen LogP contribution in [0.5, 0.6) is 0 Å². The molecule has 0 atom stereocenters. The lowest BCUT2D eigenvalue weighted by molar-refractivity contribution is 0.0527. The van der Waals surface area contributed by atoms with E-state index in [1.165, 1.54) is 6.20 Å². The van der Waals surface area contributed by atoms with E-state index >= 15 is 0 Å². The van der Waals surface area contributed by atoms with E-state index in [0.29, 0.717) is 5.56 Å². The zero-order chi connectivity index (χ0) is 16.2. The number of aromatic nitrogens is 3. The highest BCUT2D eigenvalue weighted by molar-refractivity contribution is 6.08. The predicted octanol–water partition coefficient (Wildman–Crippen LogP) is 2.39. The van der Waals surface area contributed by atoms with Gasteiger partial charge in [0.15, 0.2) is 0 Å². The summed E-state index contributed by atoms with van der Waals surface area (Å²) in [5.74, 6) is -0.690. The molecule has 0 saturated carbocycles. The first-order chi connectivity index (χ1) is 11.2. The van der Waals surface area contributed by atoms with Crippen molar-refractivity contribution in [1.29, 1.82) is 0 Å². The minimum atomic E-state index is -0.542. The van der Waals surface area contributed by atoms with Crippen LogP contribution >= 0.6 is 0 Å². The number of pyridine rings is 1. The number of anilines is 1. The van der Waals surface area contributed by atoms with Crippen LogP contribution in [0.25, 0.3) is 10.9 Å². The number of H-pyrrole nitrogens is 1. The Labute approximate surface area is 131 Å². The second-order valence-electron chi connectivity index (χ2n) is 4.74. The van der Waals surface area contributed by atoms with Crippen LogP contribution in [0, 0.1) is 0 Å². The van der Waals surface area contributed by atoms with Gasteiger partial charge in [0.1, 0.15) is 11.4 Å². The first kappa shape index (κ1) is 14.7. The first-order valence-corrected chi connectivity index (χ1v) is 7.05. The molecule has 2 heterocycles. The summed E-state index contributed by atoms with van der Waals surface area (Å²) in [5, 5.41) is 9.85. The summed E-state index contributed by atoms with van der Waals surface area (Å²) in [7, 11) is 0. The number of benzene rings is 1. The van der Waals surface area contributed by atoms with Crippen LogP contribution in [0.15, 0.2) is 42.7 Å². The van der Waals surface area contributed by atoms with E-state index in [1.54, 1.807) is 37.4 Å². The second kappa shape index (κ2) is 6.27. The van der Waals surface area contributed by atoms with Crippen molar-refractivity contribution in [3.63, 3.8) is 0 Å². The molecule has 0 aliphatic heterocycles. The molecule has 0 unspecified atom stereocenters. The Hall–Kier alpha value is -3.22. The van der Waals surface area contributed by atoms with E-state index in [2.05, 4.69) is 20.5 Å². The highest BCUT2D eigenvalue weighted by atomic mass is 16.5. The number of amides is 1. The maximum Gasteiger partial charge on any atom is 0.343 e. The van der Waals surface area contributed by atoms with E-state index < -0.39 is 5.97 Å². The van der Waals surface area contributed by atoms with Crippen LogP contribution in [-0.4, -0.2) is 33.7 Å². The number of hydrogen-bond donors (Lipinski definition) is 2. The third-order valence-electron chi connectivity index (χ3n) is 3.24. The zero-order valence-electron chi connectivity index (χ0n) is 12.4. The molecular formula is C16H14N4O3. The number of hydrogen-bond acceptors (Lipinski definition) is 5. The number of ether oxygens (including phenoxy) is 1. The number of fused-ring (bicyclic) bond motifs is 1. The Balaban J connectivity index is 1.84. The molecule has 2 aromatic heterocycles. The van der Waals surface area contributed by atoms with E-state index in [0.717, 1.165) is 10.9 Å². The zero-order valence-corrected chi connectivity index (χ0v) is 12.4. The van der Waals surface area contributed by atoms with Crippen LogP contribution in [0.3, 0.4) is 0 Å².